The monoisotopic (exact) mass is 412 g/mol. The minimum absolute atomic E-state index is 0.0232. The number of hydrogen-bond donors (Lipinski definition) is 0. The summed E-state index contributed by atoms with van der Waals surface area (Å²) >= 11 is 3.40. The summed E-state index contributed by atoms with van der Waals surface area (Å²) in [5.41, 5.74) is 2.00. The average molecular weight is 413 g/mol. The number of hydrogen-bond acceptors (Lipinski definition) is 5. The van der Waals surface area contributed by atoms with Crippen molar-refractivity contribution in [2.24, 2.45) is 10.2 Å². The van der Waals surface area contributed by atoms with Gasteiger partial charge in [-0.1, -0.05) is 46.3 Å². The van der Waals surface area contributed by atoms with Gasteiger partial charge in [-0.15, -0.1) is 0 Å². The second-order valence-electron chi connectivity index (χ2n) is 6.19. The van der Waals surface area contributed by atoms with E-state index < -0.39 is 0 Å². The van der Waals surface area contributed by atoms with Gasteiger partial charge in [0.1, 0.15) is 5.70 Å². The van der Waals surface area contributed by atoms with E-state index in [1.54, 1.807) is 6.20 Å². The van der Waals surface area contributed by atoms with E-state index in [0.29, 0.717) is 11.3 Å². The van der Waals surface area contributed by atoms with Gasteiger partial charge in [0, 0.05) is 36.2 Å². The van der Waals surface area contributed by atoms with Gasteiger partial charge in [0.2, 0.25) is 5.78 Å². The summed E-state index contributed by atoms with van der Waals surface area (Å²) in [6, 6.07) is 16.9. The van der Waals surface area contributed by atoms with Crippen molar-refractivity contribution in [3.8, 4) is 0 Å². The van der Waals surface area contributed by atoms with Gasteiger partial charge in [0.05, 0.1) is 11.9 Å². The summed E-state index contributed by atoms with van der Waals surface area (Å²) in [7, 11) is 2.09. The quantitative estimate of drug-likeness (QED) is 0.412. The van der Waals surface area contributed by atoms with Crippen LogP contribution in [-0.4, -0.2) is 48.8 Å². The molecule has 0 unspecified atom stereocenters. The fourth-order valence-electron chi connectivity index (χ4n) is 2.73. The molecule has 0 amide bonds. The van der Waals surface area contributed by atoms with E-state index in [4.69, 9.17) is 0 Å². The van der Waals surface area contributed by atoms with Crippen molar-refractivity contribution < 1.29 is 4.79 Å². The lowest BCUT2D eigenvalue weighted by atomic mass is 10.1. The molecule has 0 spiro atoms. The third-order valence-electron chi connectivity index (χ3n) is 4.29. The van der Waals surface area contributed by atoms with Crippen molar-refractivity contribution in [1.82, 2.24) is 9.80 Å². The smallest absolute Gasteiger partial charge is 0.210 e. The zero-order valence-corrected chi connectivity index (χ0v) is 16.3. The zero-order chi connectivity index (χ0) is 18.4. The van der Waals surface area contributed by atoms with Crippen LogP contribution in [0.4, 0.5) is 5.69 Å². The number of piperazine rings is 1. The molecule has 2 aromatic rings. The highest BCUT2D eigenvalue weighted by molar-refractivity contribution is 9.10. The first-order valence-electron chi connectivity index (χ1n) is 8.53. The van der Waals surface area contributed by atoms with Crippen molar-refractivity contribution >= 4 is 27.4 Å². The molecule has 134 valence electrons. The third-order valence-corrected chi connectivity index (χ3v) is 4.82. The van der Waals surface area contributed by atoms with Crippen LogP contribution >= 0.6 is 15.9 Å². The Hall–Kier alpha value is -2.31. The fourth-order valence-corrected chi connectivity index (χ4v) is 2.99. The van der Waals surface area contributed by atoms with Gasteiger partial charge < -0.3 is 9.80 Å². The Morgan fingerprint density at radius 2 is 1.65 bits per heavy atom. The Kier molecular flexibility index (Phi) is 6.30. The number of allylic oxidation sites excluding steroid dienone is 1. The SMILES string of the molecule is CN1CCN(/C(=C\N=Nc2ccc(Br)cc2)C(=O)c2ccccc2)CC1. The van der Waals surface area contributed by atoms with E-state index in [0.717, 1.165) is 36.3 Å². The molecule has 1 aliphatic heterocycles. The molecule has 0 aliphatic carbocycles. The van der Waals surface area contributed by atoms with Crippen LogP contribution in [-0.2, 0) is 0 Å². The normalized spacial score (nSPS) is 16.2. The summed E-state index contributed by atoms with van der Waals surface area (Å²) in [6.07, 6.45) is 1.59. The number of nitrogens with zero attached hydrogens (tertiary/aromatic N) is 4. The molecule has 6 heteroatoms. The molecular weight excluding hydrogens is 392 g/mol. The lowest BCUT2D eigenvalue weighted by Crippen LogP contribution is -2.45. The van der Waals surface area contributed by atoms with Crippen molar-refractivity contribution in [1.29, 1.82) is 0 Å². The van der Waals surface area contributed by atoms with Gasteiger partial charge in [-0.25, -0.2) is 0 Å². The number of Topliss-reactive ketones (excluding diaryl/α,β-unsaturated/α-hetero) is 1. The van der Waals surface area contributed by atoms with Crippen LogP contribution in [0, 0.1) is 0 Å². The molecule has 0 radical (unpaired) electrons. The van der Waals surface area contributed by atoms with Crippen LogP contribution in [0.25, 0.3) is 0 Å². The molecule has 0 atom stereocenters. The second-order valence-corrected chi connectivity index (χ2v) is 7.11. The molecule has 26 heavy (non-hydrogen) atoms. The van der Waals surface area contributed by atoms with Gasteiger partial charge in [-0.2, -0.15) is 10.2 Å². The summed E-state index contributed by atoms with van der Waals surface area (Å²) in [4.78, 5) is 17.3. The summed E-state index contributed by atoms with van der Waals surface area (Å²) in [6.45, 7) is 3.44. The Labute approximate surface area is 162 Å². The van der Waals surface area contributed by atoms with Crippen LogP contribution in [0.5, 0.6) is 0 Å². The van der Waals surface area contributed by atoms with E-state index in [1.807, 2.05) is 54.6 Å². The standard InChI is InChI=1S/C20H21BrN4O/c1-24-11-13-25(14-12-24)19(20(26)16-5-3-2-4-6-16)15-22-23-18-9-7-17(21)8-10-18/h2-10,15H,11-14H2,1H3/b19-15-,23-22?. The zero-order valence-electron chi connectivity index (χ0n) is 14.7. The first-order chi connectivity index (χ1) is 12.6. The topological polar surface area (TPSA) is 48.3 Å². The average Bonchev–Trinajstić information content (AvgIpc) is 2.68. The first-order valence-corrected chi connectivity index (χ1v) is 9.32. The van der Waals surface area contributed by atoms with Crippen molar-refractivity contribution in [2.75, 3.05) is 33.2 Å². The Balaban J connectivity index is 1.84. The Morgan fingerprint density at radius 1 is 1.00 bits per heavy atom. The number of rotatable bonds is 5. The van der Waals surface area contributed by atoms with E-state index in [1.165, 1.54) is 0 Å². The van der Waals surface area contributed by atoms with Crippen molar-refractivity contribution in [3.63, 3.8) is 0 Å². The number of likely N-dealkylation sites (N-methyl/N-ethyl adjacent to an activating group) is 1. The summed E-state index contributed by atoms with van der Waals surface area (Å²) in [5, 5.41) is 8.40. The van der Waals surface area contributed by atoms with Crippen LogP contribution in [0.2, 0.25) is 0 Å². The molecule has 2 aromatic carbocycles. The number of carbonyl (C=O) groups is 1. The highest BCUT2D eigenvalue weighted by Gasteiger charge is 2.22. The number of carbonyl (C=O) groups excluding carboxylic acids is 1. The molecular formula is C20H21BrN4O. The van der Waals surface area contributed by atoms with Crippen LogP contribution in [0.15, 0.2) is 81.2 Å². The fraction of sp³-hybridized carbons (Fsp3) is 0.250. The second kappa shape index (κ2) is 8.87. The Bertz CT molecular complexity index is 794. The van der Waals surface area contributed by atoms with Crippen molar-refractivity contribution in [2.45, 2.75) is 0 Å². The number of ketones is 1. The molecule has 1 fully saturated rings. The summed E-state index contributed by atoms with van der Waals surface area (Å²) < 4.78 is 0.990. The van der Waals surface area contributed by atoms with E-state index in [-0.39, 0.29) is 5.78 Å². The molecule has 5 nitrogen and oxygen atoms in total. The van der Waals surface area contributed by atoms with E-state index >= 15 is 0 Å². The van der Waals surface area contributed by atoms with Crippen LogP contribution < -0.4 is 0 Å². The van der Waals surface area contributed by atoms with Crippen LogP contribution in [0.1, 0.15) is 10.4 Å². The molecule has 0 N–H and O–H groups in total. The number of halogens is 1. The van der Waals surface area contributed by atoms with Crippen LogP contribution in [0.3, 0.4) is 0 Å². The maximum absolute atomic E-state index is 13.0. The molecule has 0 saturated carbocycles. The minimum Gasteiger partial charge on any atom is -0.364 e. The first kappa shape index (κ1) is 18.5. The van der Waals surface area contributed by atoms with E-state index in [9.17, 15) is 4.79 Å². The van der Waals surface area contributed by atoms with Gasteiger partial charge in [0.15, 0.2) is 0 Å². The predicted octanol–water partition coefficient (Wildman–Crippen LogP) is 4.50. The lowest BCUT2D eigenvalue weighted by Gasteiger charge is -2.34. The largest absolute Gasteiger partial charge is 0.364 e. The highest BCUT2D eigenvalue weighted by Crippen LogP contribution is 2.19. The molecule has 0 bridgehead atoms. The van der Waals surface area contributed by atoms with Gasteiger partial charge >= 0.3 is 0 Å². The molecule has 1 aliphatic rings. The lowest BCUT2D eigenvalue weighted by molar-refractivity contribution is 0.0962. The minimum atomic E-state index is -0.0232. The Morgan fingerprint density at radius 3 is 2.31 bits per heavy atom. The molecule has 3 rings (SSSR count). The van der Waals surface area contributed by atoms with E-state index in [2.05, 4.69) is 43.0 Å². The van der Waals surface area contributed by atoms with Crippen molar-refractivity contribution in [3.05, 3.63) is 76.5 Å². The molecule has 1 heterocycles. The van der Waals surface area contributed by atoms with Gasteiger partial charge in [0.25, 0.3) is 0 Å². The maximum Gasteiger partial charge on any atom is 0.210 e. The highest BCUT2D eigenvalue weighted by atomic mass is 79.9. The third kappa shape index (κ3) is 4.86. The van der Waals surface area contributed by atoms with Gasteiger partial charge in [-0.3, -0.25) is 4.79 Å². The molecule has 0 aromatic heterocycles. The maximum atomic E-state index is 13.0. The predicted molar refractivity (Wildman–Crippen MR) is 107 cm³/mol. The molecule has 1 saturated heterocycles. The number of azo groups is 1. The number of benzene rings is 2. The summed E-state index contributed by atoms with van der Waals surface area (Å²) in [5.74, 6) is -0.0232. The van der Waals surface area contributed by atoms with Gasteiger partial charge in [-0.05, 0) is 31.3 Å².